The molecule has 10 nitrogen and oxygen atoms in total. The van der Waals surface area contributed by atoms with Gasteiger partial charge in [0.25, 0.3) is 0 Å². The Balaban J connectivity index is 2.10. The Hall–Kier alpha value is -4.34. The van der Waals surface area contributed by atoms with Gasteiger partial charge in [-0.25, -0.2) is 15.0 Å². The first-order valence-electron chi connectivity index (χ1n) is 13.1. The number of anilines is 6. The quantitative estimate of drug-likeness (QED) is 0.332. The second-order valence-corrected chi connectivity index (χ2v) is 12.6. The SMILES string of the molecule is CC(C)(C)C(=O)Nc1cccc(N(c2cccc(NC(=O)C(C)(C)C)n2)c2cccc(NC(=O)C(C)(C)C)n2)n1. The lowest BCUT2D eigenvalue weighted by atomic mass is 9.96. The average Bonchev–Trinajstić information content (AvgIpc) is 2.83. The third kappa shape index (κ3) is 7.84. The van der Waals surface area contributed by atoms with Crippen molar-refractivity contribution in [2.45, 2.75) is 62.3 Å². The van der Waals surface area contributed by atoms with Crippen LogP contribution in [0.1, 0.15) is 62.3 Å². The molecule has 0 aliphatic heterocycles. The molecule has 0 aliphatic rings. The number of aromatic nitrogens is 3. The lowest BCUT2D eigenvalue weighted by Gasteiger charge is -2.25. The predicted molar refractivity (Wildman–Crippen MR) is 159 cm³/mol. The largest absolute Gasteiger partial charge is 0.310 e. The Morgan fingerprint density at radius 2 is 0.750 bits per heavy atom. The number of nitrogens with zero attached hydrogens (tertiary/aromatic N) is 4. The highest BCUT2D eigenvalue weighted by molar-refractivity contribution is 5.95. The van der Waals surface area contributed by atoms with Crippen LogP contribution in [-0.4, -0.2) is 32.7 Å². The van der Waals surface area contributed by atoms with Crippen LogP contribution >= 0.6 is 0 Å². The molecule has 0 saturated heterocycles. The molecule has 3 aromatic heterocycles. The van der Waals surface area contributed by atoms with E-state index in [0.29, 0.717) is 34.9 Å². The summed E-state index contributed by atoms with van der Waals surface area (Å²) < 4.78 is 0. The molecule has 3 aromatic rings. The summed E-state index contributed by atoms with van der Waals surface area (Å²) in [6.45, 7) is 16.4. The minimum atomic E-state index is -0.611. The van der Waals surface area contributed by atoms with Crippen molar-refractivity contribution in [1.29, 1.82) is 0 Å². The molecule has 0 unspecified atom stereocenters. The summed E-state index contributed by atoms with van der Waals surface area (Å²) in [5.74, 6) is 1.79. The van der Waals surface area contributed by atoms with Crippen molar-refractivity contribution in [3.63, 3.8) is 0 Å². The van der Waals surface area contributed by atoms with Crippen LogP contribution in [0.4, 0.5) is 34.9 Å². The molecule has 0 fully saturated rings. The van der Waals surface area contributed by atoms with E-state index < -0.39 is 16.2 Å². The molecule has 40 heavy (non-hydrogen) atoms. The highest BCUT2D eigenvalue weighted by Gasteiger charge is 2.25. The number of hydrogen-bond acceptors (Lipinski definition) is 7. The van der Waals surface area contributed by atoms with Crippen LogP contribution in [-0.2, 0) is 14.4 Å². The summed E-state index contributed by atoms with van der Waals surface area (Å²) in [5, 5.41) is 8.57. The molecule has 0 aromatic carbocycles. The summed E-state index contributed by atoms with van der Waals surface area (Å²) in [7, 11) is 0. The molecule has 0 spiro atoms. The van der Waals surface area contributed by atoms with Gasteiger partial charge in [0.15, 0.2) is 0 Å². The molecule has 3 heterocycles. The van der Waals surface area contributed by atoms with Gasteiger partial charge in [-0.1, -0.05) is 80.5 Å². The van der Waals surface area contributed by atoms with Gasteiger partial charge in [0.1, 0.15) is 34.9 Å². The van der Waals surface area contributed by atoms with Crippen LogP contribution in [0.3, 0.4) is 0 Å². The summed E-state index contributed by atoms with van der Waals surface area (Å²) in [4.78, 5) is 53.6. The van der Waals surface area contributed by atoms with Gasteiger partial charge >= 0.3 is 0 Å². The topological polar surface area (TPSA) is 129 Å². The standard InChI is InChI=1S/C30H39N7O3/c1-28(2,3)25(38)34-19-13-10-16-22(31-19)37(23-17-11-14-20(32-23)35-26(39)29(4,5)6)24-18-12-15-21(33-24)36-27(40)30(7,8)9/h10-18H,1-9H3,(H,31,34,38)(H,32,35,39)(H,33,36,40). The van der Waals surface area contributed by atoms with E-state index >= 15 is 0 Å². The lowest BCUT2D eigenvalue weighted by molar-refractivity contribution is -0.123. The van der Waals surface area contributed by atoms with Crippen molar-refractivity contribution >= 4 is 52.6 Å². The molecule has 3 rings (SSSR count). The van der Waals surface area contributed by atoms with Crippen LogP contribution in [0.15, 0.2) is 54.6 Å². The van der Waals surface area contributed by atoms with Crippen LogP contribution < -0.4 is 20.9 Å². The van der Waals surface area contributed by atoms with Crippen LogP contribution in [0.2, 0.25) is 0 Å². The highest BCUT2D eigenvalue weighted by atomic mass is 16.2. The summed E-state index contributed by atoms with van der Waals surface area (Å²) >= 11 is 0. The monoisotopic (exact) mass is 545 g/mol. The predicted octanol–water partition coefficient (Wildman–Crippen LogP) is 6.30. The van der Waals surface area contributed by atoms with Gasteiger partial charge < -0.3 is 16.0 Å². The average molecular weight is 546 g/mol. The van der Waals surface area contributed by atoms with Gasteiger partial charge in [-0.15, -0.1) is 0 Å². The Bertz CT molecular complexity index is 1230. The first-order valence-corrected chi connectivity index (χ1v) is 13.1. The number of pyridine rings is 3. The fourth-order valence-corrected chi connectivity index (χ4v) is 3.12. The fraction of sp³-hybridized carbons (Fsp3) is 0.400. The van der Waals surface area contributed by atoms with Crippen LogP contribution in [0, 0.1) is 16.2 Å². The minimum Gasteiger partial charge on any atom is -0.310 e. The van der Waals surface area contributed by atoms with Crippen LogP contribution in [0.5, 0.6) is 0 Å². The number of carbonyl (C=O) groups is 3. The lowest BCUT2D eigenvalue weighted by Crippen LogP contribution is -2.29. The summed E-state index contributed by atoms with van der Waals surface area (Å²) in [5.41, 5.74) is -1.83. The first kappa shape index (κ1) is 30.2. The second-order valence-electron chi connectivity index (χ2n) is 12.6. The Morgan fingerprint density at radius 3 is 0.975 bits per heavy atom. The van der Waals surface area contributed by atoms with Crippen molar-refractivity contribution in [3.05, 3.63) is 54.6 Å². The van der Waals surface area contributed by atoms with Gasteiger partial charge in [0.2, 0.25) is 17.7 Å². The zero-order chi connectivity index (χ0) is 29.9. The Morgan fingerprint density at radius 1 is 0.500 bits per heavy atom. The van der Waals surface area contributed by atoms with Gasteiger partial charge in [0, 0.05) is 16.2 Å². The molecule has 3 amide bonds. The van der Waals surface area contributed by atoms with Crippen molar-refractivity contribution in [2.24, 2.45) is 16.2 Å². The van der Waals surface area contributed by atoms with Gasteiger partial charge in [0.05, 0.1) is 0 Å². The maximum Gasteiger partial charge on any atom is 0.230 e. The van der Waals surface area contributed by atoms with Crippen molar-refractivity contribution in [1.82, 2.24) is 15.0 Å². The van der Waals surface area contributed by atoms with E-state index in [2.05, 4.69) is 30.9 Å². The Labute approximate surface area is 236 Å². The maximum absolute atomic E-state index is 12.6. The number of hydrogen-bond donors (Lipinski definition) is 3. The van der Waals surface area contributed by atoms with E-state index in [4.69, 9.17) is 0 Å². The highest BCUT2D eigenvalue weighted by Crippen LogP contribution is 2.33. The van der Waals surface area contributed by atoms with Crippen molar-refractivity contribution < 1.29 is 14.4 Å². The molecule has 0 aliphatic carbocycles. The molecular weight excluding hydrogens is 506 g/mol. The van der Waals surface area contributed by atoms with Crippen molar-refractivity contribution in [2.75, 3.05) is 20.9 Å². The van der Waals surface area contributed by atoms with Crippen molar-refractivity contribution in [3.8, 4) is 0 Å². The molecule has 0 saturated carbocycles. The van der Waals surface area contributed by atoms with E-state index in [9.17, 15) is 14.4 Å². The molecule has 3 N–H and O–H groups in total. The van der Waals surface area contributed by atoms with E-state index in [1.807, 2.05) is 62.3 Å². The van der Waals surface area contributed by atoms with E-state index in [0.717, 1.165) is 0 Å². The second kappa shape index (κ2) is 11.4. The van der Waals surface area contributed by atoms with Gasteiger partial charge in [-0.2, -0.15) is 0 Å². The molecule has 0 radical (unpaired) electrons. The zero-order valence-corrected chi connectivity index (χ0v) is 24.7. The third-order valence-corrected chi connectivity index (χ3v) is 5.66. The van der Waals surface area contributed by atoms with Crippen LogP contribution in [0.25, 0.3) is 0 Å². The maximum atomic E-state index is 12.6. The number of amides is 3. The zero-order valence-electron chi connectivity index (χ0n) is 24.7. The summed E-state index contributed by atoms with van der Waals surface area (Å²) in [6.07, 6.45) is 0. The fourth-order valence-electron chi connectivity index (χ4n) is 3.12. The van der Waals surface area contributed by atoms with E-state index in [1.54, 1.807) is 59.5 Å². The normalized spacial score (nSPS) is 11.9. The van der Waals surface area contributed by atoms with E-state index in [1.165, 1.54) is 0 Å². The molecule has 212 valence electrons. The van der Waals surface area contributed by atoms with E-state index in [-0.39, 0.29) is 17.7 Å². The third-order valence-electron chi connectivity index (χ3n) is 5.66. The first-order chi connectivity index (χ1) is 18.4. The number of nitrogens with one attached hydrogen (secondary N) is 3. The molecule has 0 bridgehead atoms. The Kier molecular flexibility index (Phi) is 8.62. The number of carbonyl (C=O) groups excluding carboxylic acids is 3. The molecular formula is C30H39N7O3. The molecule has 10 heteroatoms. The number of rotatable bonds is 6. The minimum absolute atomic E-state index is 0.182. The smallest absolute Gasteiger partial charge is 0.230 e. The molecule has 0 atom stereocenters. The van der Waals surface area contributed by atoms with Gasteiger partial charge in [-0.05, 0) is 36.4 Å². The summed E-state index contributed by atoms with van der Waals surface area (Å²) in [6, 6.07) is 15.7. The van der Waals surface area contributed by atoms with Gasteiger partial charge in [-0.3, -0.25) is 19.3 Å².